The summed E-state index contributed by atoms with van der Waals surface area (Å²) in [6.07, 6.45) is 3.03. The predicted molar refractivity (Wildman–Crippen MR) is 107 cm³/mol. The number of hydrogen-bond acceptors (Lipinski definition) is 3. The summed E-state index contributed by atoms with van der Waals surface area (Å²) < 4.78 is 29.4. The van der Waals surface area contributed by atoms with Crippen LogP contribution in [-0.4, -0.2) is 41.5 Å². The molecule has 1 saturated heterocycles. The highest BCUT2D eigenvalue weighted by Gasteiger charge is 2.33. The fourth-order valence-electron chi connectivity index (χ4n) is 3.77. The van der Waals surface area contributed by atoms with Gasteiger partial charge in [0.1, 0.15) is 0 Å². The molecular formula is C21H22N2O4S. The van der Waals surface area contributed by atoms with Crippen LogP contribution in [0.25, 0.3) is 10.9 Å². The zero-order valence-electron chi connectivity index (χ0n) is 15.4. The molecule has 4 rings (SSSR count). The Morgan fingerprint density at radius 2 is 1.89 bits per heavy atom. The van der Waals surface area contributed by atoms with Crippen LogP contribution in [0.3, 0.4) is 0 Å². The maximum absolute atomic E-state index is 13.0. The van der Waals surface area contributed by atoms with Crippen LogP contribution in [0.15, 0.2) is 65.7 Å². The number of aromatic nitrogens is 1. The predicted octanol–water partition coefficient (Wildman–Crippen LogP) is 3.17. The quantitative estimate of drug-likeness (QED) is 0.716. The summed E-state index contributed by atoms with van der Waals surface area (Å²) in [5.41, 5.74) is 2.13. The Hall–Kier alpha value is -2.64. The molecule has 6 nitrogen and oxygen atoms in total. The van der Waals surface area contributed by atoms with Crippen LogP contribution in [-0.2, 0) is 21.4 Å². The topological polar surface area (TPSA) is 79.6 Å². The van der Waals surface area contributed by atoms with Crippen molar-refractivity contribution in [3.8, 4) is 0 Å². The third-order valence-electron chi connectivity index (χ3n) is 5.31. The molecule has 1 unspecified atom stereocenters. The molecule has 1 fully saturated rings. The SMILES string of the molecule is O=C(O)C1CCCN(S(=O)(=O)c2ccc3c(ccn3Cc3ccccc3)c2)C1. The van der Waals surface area contributed by atoms with Crippen molar-refractivity contribution in [1.29, 1.82) is 0 Å². The normalized spacial score (nSPS) is 18.4. The molecule has 1 aliphatic heterocycles. The summed E-state index contributed by atoms with van der Waals surface area (Å²) >= 11 is 0. The minimum atomic E-state index is -3.71. The van der Waals surface area contributed by atoms with E-state index in [0.29, 0.717) is 25.9 Å². The molecule has 1 atom stereocenters. The number of aliphatic carboxylic acids is 1. The highest BCUT2D eigenvalue weighted by Crippen LogP contribution is 2.27. The van der Waals surface area contributed by atoms with Gasteiger partial charge < -0.3 is 9.67 Å². The van der Waals surface area contributed by atoms with Gasteiger partial charge in [-0.1, -0.05) is 30.3 Å². The summed E-state index contributed by atoms with van der Waals surface area (Å²) in [7, 11) is -3.71. The molecule has 7 heteroatoms. The van der Waals surface area contributed by atoms with Crippen molar-refractivity contribution >= 4 is 26.9 Å². The van der Waals surface area contributed by atoms with Crippen LogP contribution >= 0.6 is 0 Å². The van der Waals surface area contributed by atoms with Crippen LogP contribution in [0.5, 0.6) is 0 Å². The van der Waals surface area contributed by atoms with Gasteiger partial charge in [-0.3, -0.25) is 4.79 Å². The molecule has 28 heavy (non-hydrogen) atoms. The largest absolute Gasteiger partial charge is 0.481 e. The molecule has 2 heterocycles. The van der Waals surface area contributed by atoms with E-state index in [0.717, 1.165) is 10.9 Å². The number of hydrogen-bond donors (Lipinski definition) is 1. The number of carboxylic acids is 1. The lowest BCUT2D eigenvalue weighted by Gasteiger charge is -2.29. The van der Waals surface area contributed by atoms with Gasteiger partial charge in [-0.15, -0.1) is 0 Å². The molecule has 0 saturated carbocycles. The Kier molecular flexibility index (Phi) is 4.95. The number of fused-ring (bicyclic) bond motifs is 1. The number of carbonyl (C=O) groups is 1. The van der Waals surface area contributed by atoms with E-state index >= 15 is 0 Å². The lowest BCUT2D eigenvalue weighted by molar-refractivity contribution is -0.142. The summed E-state index contributed by atoms with van der Waals surface area (Å²) in [6.45, 7) is 1.10. The van der Waals surface area contributed by atoms with Crippen molar-refractivity contribution in [1.82, 2.24) is 8.87 Å². The van der Waals surface area contributed by atoms with Crippen molar-refractivity contribution in [3.05, 3.63) is 66.4 Å². The smallest absolute Gasteiger partial charge is 0.307 e. The number of rotatable bonds is 5. The Labute approximate surface area is 164 Å². The van der Waals surface area contributed by atoms with Gasteiger partial charge in [0.2, 0.25) is 10.0 Å². The first kappa shape index (κ1) is 18.7. The molecule has 0 amide bonds. The van der Waals surface area contributed by atoms with Crippen molar-refractivity contribution in [2.24, 2.45) is 5.92 Å². The van der Waals surface area contributed by atoms with Crippen molar-refractivity contribution < 1.29 is 18.3 Å². The molecular weight excluding hydrogens is 376 g/mol. The average molecular weight is 398 g/mol. The van der Waals surface area contributed by atoms with Gasteiger partial charge in [-0.05, 0) is 42.7 Å². The number of carboxylic acid groups (broad SMARTS) is 1. The van der Waals surface area contributed by atoms with E-state index in [4.69, 9.17) is 0 Å². The minimum absolute atomic E-state index is 0.0325. The zero-order valence-corrected chi connectivity index (χ0v) is 16.2. The summed E-state index contributed by atoms with van der Waals surface area (Å²) in [4.78, 5) is 11.5. The van der Waals surface area contributed by atoms with Crippen LogP contribution in [0.2, 0.25) is 0 Å². The van der Waals surface area contributed by atoms with E-state index in [1.807, 2.05) is 36.5 Å². The summed E-state index contributed by atoms with van der Waals surface area (Å²) in [6, 6.07) is 17.1. The number of piperidine rings is 1. The van der Waals surface area contributed by atoms with Crippen molar-refractivity contribution in [3.63, 3.8) is 0 Å². The number of nitrogens with zero attached hydrogens (tertiary/aromatic N) is 2. The molecule has 0 radical (unpaired) electrons. The first-order chi connectivity index (χ1) is 13.4. The number of sulfonamides is 1. The standard InChI is InChI=1S/C21H22N2O4S/c24-21(25)18-7-4-11-23(15-18)28(26,27)19-8-9-20-17(13-19)10-12-22(20)14-16-5-2-1-3-6-16/h1-3,5-6,8-10,12-13,18H,4,7,11,14-15H2,(H,24,25). The Bertz CT molecular complexity index is 1110. The Balaban J connectivity index is 1.62. The van der Waals surface area contributed by atoms with E-state index in [-0.39, 0.29) is 11.4 Å². The molecule has 0 bridgehead atoms. The van der Waals surface area contributed by atoms with Crippen molar-refractivity contribution in [2.45, 2.75) is 24.3 Å². The first-order valence-corrected chi connectivity index (χ1v) is 10.7. The third kappa shape index (κ3) is 3.55. The lowest BCUT2D eigenvalue weighted by Crippen LogP contribution is -2.42. The molecule has 2 aromatic carbocycles. The lowest BCUT2D eigenvalue weighted by atomic mass is 10.0. The second kappa shape index (κ2) is 7.41. The van der Waals surface area contributed by atoms with E-state index in [1.165, 1.54) is 9.87 Å². The molecule has 1 aliphatic rings. The third-order valence-corrected chi connectivity index (χ3v) is 7.17. The van der Waals surface area contributed by atoms with Gasteiger partial charge in [0, 0.05) is 36.7 Å². The monoisotopic (exact) mass is 398 g/mol. The van der Waals surface area contributed by atoms with Crippen LogP contribution in [0.1, 0.15) is 18.4 Å². The van der Waals surface area contributed by atoms with Crippen molar-refractivity contribution in [2.75, 3.05) is 13.1 Å². The van der Waals surface area contributed by atoms with E-state index < -0.39 is 21.9 Å². The molecule has 1 aromatic heterocycles. The molecule has 3 aromatic rings. The minimum Gasteiger partial charge on any atom is -0.481 e. The molecule has 0 spiro atoms. The van der Waals surface area contributed by atoms with E-state index in [9.17, 15) is 18.3 Å². The Morgan fingerprint density at radius 3 is 2.64 bits per heavy atom. The molecule has 146 valence electrons. The maximum atomic E-state index is 13.0. The van der Waals surface area contributed by atoms with Gasteiger partial charge in [-0.2, -0.15) is 4.31 Å². The van der Waals surface area contributed by atoms with E-state index in [2.05, 4.69) is 16.7 Å². The van der Waals surface area contributed by atoms with Crippen LogP contribution < -0.4 is 0 Å². The van der Waals surface area contributed by atoms with Gasteiger partial charge in [0.15, 0.2) is 0 Å². The zero-order chi connectivity index (χ0) is 19.7. The first-order valence-electron chi connectivity index (χ1n) is 9.31. The summed E-state index contributed by atoms with van der Waals surface area (Å²) in [5, 5.41) is 10.1. The second-order valence-electron chi connectivity index (χ2n) is 7.19. The van der Waals surface area contributed by atoms with Gasteiger partial charge in [0.05, 0.1) is 10.8 Å². The highest BCUT2D eigenvalue weighted by atomic mass is 32.2. The molecule has 1 N–H and O–H groups in total. The van der Waals surface area contributed by atoms with Gasteiger partial charge in [-0.25, -0.2) is 8.42 Å². The summed E-state index contributed by atoms with van der Waals surface area (Å²) in [5.74, 6) is -1.58. The molecule has 0 aliphatic carbocycles. The van der Waals surface area contributed by atoms with E-state index in [1.54, 1.807) is 12.1 Å². The van der Waals surface area contributed by atoms with Gasteiger partial charge >= 0.3 is 5.97 Å². The van der Waals surface area contributed by atoms with Gasteiger partial charge in [0.25, 0.3) is 0 Å². The highest BCUT2D eigenvalue weighted by molar-refractivity contribution is 7.89. The average Bonchev–Trinajstić information content (AvgIpc) is 3.11. The Morgan fingerprint density at radius 1 is 1.11 bits per heavy atom. The fraction of sp³-hybridized carbons (Fsp3) is 0.286. The van der Waals surface area contributed by atoms with Crippen LogP contribution in [0.4, 0.5) is 0 Å². The maximum Gasteiger partial charge on any atom is 0.307 e. The second-order valence-corrected chi connectivity index (χ2v) is 9.13. The fourth-order valence-corrected chi connectivity index (χ4v) is 5.33. The number of benzene rings is 2. The van der Waals surface area contributed by atoms with Crippen LogP contribution in [0, 0.1) is 5.92 Å².